The average Bonchev–Trinajstić information content (AvgIpc) is 3.21. The summed E-state index contributed by atoms with van der Waals surface area (Å²) in [7, 11) is 0. The van der Waals surface area contributed by atoms with Gasteiger partial charge in [0.15, 0.2) is 0 Å². The maximum atomic E-state index is 11.2. The lowest BCUT2D eigenvalue weighted by Gasteiger charge is -2.17. The largest absolute Gasteiger partial charge is 0.481 e. The summed E-state index contributed by atoms with van der Waals surface area (Å²) in [6.07, 6.45) is 6.61. The Morgan fingerprint density at radius 3 is 3.10 bits per heavy atom. The maximum absolute atomic E-state index is 11.2. The molecule has 156 valence electrons. The summed E-state index contributed by atoms with van der Waals surface area (Å²) >= 11 is 0. The molecule has 0 spiro atoms. The van der Waals surface area contributed by atoms with E-state index in [1.54, 1.807) is 24.5 Å². The molecule has 0 radical (unpaired) electrons. The first kappa shape index (κ1) is 19.9. The van der Waals surface area contributed by atoms with Crippen LogP contribution >= 0.6 is 0 Å². The summed E-state index contributed by atoms with van der Waals surface area (Å²) in [5.41, 5.74) is 3.08. The number of ether oxygens (including phenoxy) is 1. The van der Waals surface area contributed by atoms with Crippen molar-refractivity contribution in [2.45, 2.75) is 38.0 Å². The quantitative estimate of drug-likeness (QED) is 0.555. The first-order valence-electron chi connectivity index (χ1n) is 10.1. The summed E-state index contributed by atoms with van der Waals surface area (Å²) in [4.78, 5) is 20.0. The highest BCUT2D eigenvalue weighted by molar-refractivity contribution is 5.68. The van der Waals surface area contributed by atoms with Crippen LogP contribution in [-0.2, 0) is 24.1 Å². The van der Waals surface area contributed by atoms with E-state index in [4.69, 9.17) is 9.26 Å². The standard InChI is InChI=1S/C22H24N4O4/c27-21(28)12-17(16-4-1-8-23-14-16)11-19-13-20(26-30-19)29-10-7-18-6-5-15-3-2-9-24-22(15)25-18/h1,4-6,8,13-14,17H,2-3,7,9-12H2,(H,24,25)(H,27,28). The van der Waals surface area contributed by atoms with E-state index in [1.165, 1.54) is 5.56 Å². The molecule has 3 aromatic heterocycles. The topological polar surface area (TPSA) is 110 Å². The van der Waals surface area contributed by atoms with Crippen molar-refractivity contribution in [2.75, 3.05) is 18.5 Å². The fourth-order valence-electron chi connectivity index (χ4n) is 3.61. The Bertz CT molecular complexity index is 990. The number of carbonyl (C=O) groups is 1. The number of carboxylic acids is 1. The van der Waals surface area contributed by atoms with Crippen LogP contribution in [0.2, 0.25) is 0 Å². The molecule has 2 N–H and O–H groups in total. The molecule has 30 heavy (non-hydrogen) atoms. The molecule has 1 aliphatic rings. The Kier molecular flexibility index (Phi) is 6.22. The molecule has 4 heterocycles. The van der Waals surface area contributed by atoms with Crippen LogP contribution in [0.4, 0.5) is 5.82 Å². The highest BCUT2D eigenvalue weighted by atomic mass is 16.5. The number of hydrogen-bond acceptors (Lipinski definition) is 7. The van der Waals surface area contributed by atoms with Gasteiger partial charge in [0.2, 0.25) is 0 Å². The van der Waals surface area contributed by atoms with Gasteiger partial charge >= 0.3 is 5.97 Å². The SMILES string of the molecule is O=C(O)CC(Cc1cc(OCCc2ccc3c(n2)NCCC3)no1)c1cccnc1. The third kappa shape index (κ3) is 5.14. The van der Waals surface area contributed by atoms with E-state index in [1.807, 2.05) is 12.1 Å². The Labute approximate surface area is 174 Å². The Morgan fingerprint density at radius 1 is 1.33 bits per heavy atom. The molecule has 1 atom stereocenters. The van der Waals surface area contributed by atoms with E-state index in [2.05, 4.69) is 26.5 Å². The van der Waals surface area contributed by atoms with E-state index in [9.17, 15) is 9.90 Å². The second kappa shape index (κ2) is 9.39. The van der Waals surface area contributed by atoms with Crippen LogP contribution in [0.15, 0.2) is 47.2 Å². The zero-order valence-electron chi connectivity index (χ0n) is 16.6. The van der Waals surface area contributed by atoms with Gasteiger partial charge in [-0.1, -0.05) is 12.1 Å². The molecule has 1 aliphatic heterocycles. The molecule has 0 saturated heterocycles. The predicted octanol–water partition coefficient (Wildman–Crippen LogP) is 3.25. The third-order valence-corrected chi connectivity index (χ3v) is 5.12. The monoisotopic (exact) mass is 408 g/mol. The number of hydrogen-bond donors (Lipinski definition) is 2. The minimum absolute atomic E-state index is 0.0133. The third-order valence-electron chi connectivity index (χ3n) is 5.12. The smallest absolute Gasteiger partial charge is 0.303 e. The fraction of sp³-hybridized carbons (Fsp3) is 0.364. The molecule has 3 aromatic rings. The number of nitrogens with zero attached hydrogens (tertiary/aromatic N) is 3. The lowest BCUT2D eigenvalue weighted by molar-refractivity contribution is -0.137. The molecule has 0 fully saturated rings. The second-order valence-electron chi connectivity index (χ2n) is 7.36. The number of carboxylic acid groups (broad SMARTS) is 1. The first-order chi connectivity index (χ1) is 14.7. The van der Waals surface area contributed by atoms with Crippen LogP contribution in [0.25, 0.3) is 0 Å². The predicted molar refractivity (Wildman–Crippen MR) is 110 cm³/mol. The van der Waals surface area contributed by atoms with Gasteiger partial charge in [-0.3, -0.25) is 9.78 Å². The Balaban J connectivity index is 1.33. The number of pyridine rings is 2. The van der Waals surface area contributed by atoms with Crippen LogP contribution in [0.3, 0.4) is 0 Å². The van der Waals surface area contributed by atoms with Crippen LogP contribution in [0.5, 0.6) is 5.88 Å². The lowest BCUT2D eigenvalue weighted by atomic mass is 9.93. The van der Waals surface area contributed by atoms with Crippen molar-refractivity contribution in [1.29, 1.82) is 0 Å². The van der Waals surface area contributed by atoms with Gasteiger partial charge < -0.3 is 19.7 Å². The molecule has 8 heteroatoms. The fourth-order valence-corrected chi connectivity index (χ4v) is 3.61. The first-order valence-corrected chi connectivity index (χ1v) is 10.1. The van der Waals surface area contributed by atoms with E-state index >= 15 is 0 Å². The number of aromatic nitrogens is 3. The van der Waals surface area contributed by atoms with Gasteiger partial charge in [0.05, 0.1) is 13.0 Å². The molecule has 0 aromatic carbocycles. The molecule has 0 bridgehead atoms. The number of rotatable bonds is 9. The van der Waals surface area contributed by atoms with Crippen molar-refractivity contribution in [2.24, 2.45) is 0 Å². The summed E-state index contributed by atoms with van der Waals surface area (Å²) < 4.78 is 11.1. The molecule has 8 nitrogen and oxygen atoms in total. The van der Waals surface area contributed by atoms with Crippen LogP contribution in [0, 0.1) is 0 Å². The lowest BCUT2D eigenvalue weighted by Crippen LogP contribution is -2.14. The van der Waals surface area contributed by atoms with Gasteiger partial charge in [0.25, 0.3) is 5.88 Å². The summed E-state index contributed by atoms with van der Waals surface area (Å²) in [6.45, 7) is 1.39. The van der Waals surface area contributed by atoms with E-state index in [0.29, 0.717) is 31.1 Å². The molecule has 0 aliphatic carbocycles. The molecule has 1 unspecified atom stereocenters. The zero-order valence-corrected chi connectivity index (χ0v) is 16.6. The normalized spacial score (nSPS) is 13.9. The molecular formula is C22H24N4O4. The summed E-state index contributed by atoms with van der Waals surface area (Å²) in [5, 5.41) is 16.5. The second-order valence-corrected chi connectivity index (χ2v) is 7.36. The summed E-state index contributed by atoms with van der Waals surface area (Å²) in [6, 6.07) is 9.54. The van der Waals surface area contributed by atoms with E-state index in [-0.39, 0.29) is 12.3 Å². The van der Waals surface area contributed by atoms with Crippen molar-refractivity contribution in [3.8, 4) is 5.88 Å². The molecule has 4 rings (SSSR count). The minimum Gasteiger partial charge on any atom is -0.481 e. The van der Waals surface area contributed by atoms with Crippen molar-refractivity contribution >= 4 is 11.8 Å². The van der Waals surface area contributed by atoms with Gasteiger partial charge in [-0.05, 0) is 41.3 Å². The highest BCUT2D eigenvalue weighted by Gasteiger charge is 2.19. The van der Waals surface area contributed by atoms with E-state index in [0.717, 1.165) is 36.5 Å². The minimum atomic E-state index is -0.869. The van der Waals surface area contributed by atoms with Gasteiger partial charge in [-0.25, -0.2) is 4.98 Å². The average molecular weight is 408 g/mol. The van der Waals surface area contributed by atoms with Gasteiger partial charge in [-0.15, -0.1) is 0 Å². The van der Waals surface area contributed by atoms with Gasteiger partial charge in [0.1, 0.15) is 11.6 Å². The van der Waals surface area contributed by atoms with Crippen LogP contribution < -0.4 is 10.1 Å². The number of nitrogens with one attached hydrogen (secondary N) is 1. The van der Waals surface area contributed by atoms with Crippen LogP contribution in [0.1, 0.15) is 41.3 Å². The van der Waals surface area contributed by atoms with Crippen molar-refractivity contribution in [3.05, 3.63) is 65.3 Å². The maximum Gasteiger partial charge on any atom is 0.303 e. The number of aliphatic carboxylic acids is 1. The Hall–Kier alpha value is -3.42. The molecular weight excluding hydrogens is 384 g/mol. The number of anilines is 1. The van der Waals surface area contributed by atoms with Crippen molar-refractivity contribution in [3.63, 3.8) is 0 Å². The number of aryl methyl sites for hydroxylation is 1. The van der Waals surface area contributed by atoms with E-state index < -0.39 is 5.97 Å². The van der Waals surface area contributed by atoms with Crippen LogP contribution in [-0.4, -0.2) is 39.4 Å². The highest BCUT2D eigenvalue weighted by Crippen LogP contribution is 2.26. The molecule has 0 saturated carbocycles. The molecule has 0 amide bonds. The van der Waals surface area contributed by atoms with Gasteiger partial charge in [-0.2, -0.15) is 0 Å². The van der Waals surface area contributed by atoms with Crippen molar-refractivity contribution < 1.29 is 19.2 Å². The van der Waals surface area contributed by atoms with Crippen molar-refractivity contribution in [1.82, 2.24) is 15.1 Å². The zero-order chi connectivity index (χ0) is 20.8. The van der Waals surface area contributed by atoms with Gasteiger partial charge in [0, 0.05) is 49.5 Å². The summed E-state index contributed by atoms with van der Waals surface area (Å²) in [5.74, 6) is 0.830. The Morgan fingerprint density at radius 2 is 2.27 bits per heavy atom. The number of fused-ring (bicyclic) bond motifs is 1.